The molecule has 0 bridgehead atoms. The highest BCUT2D eigenvalue weighted by molar-refractivity contribution is 5.84. The van der Waals surface area contributed by atoms with E-state index in [-0.39, 0.29) is 40.2 Å². The van der Waals surface area contributed by atoms with E-state index < -0.39 is 23.3 Å². The molecule has 0 saturated heterocycles. The molecule has 1 saturated carbocycles. The minimum atomic E-state index is -4.70. The number of anilines is 2. The van der Waals surface area contributed by atoms with Gasteiger partial charge in [0.1, 0.15) is 28.4 Å². The highest BCUT2D eigenvalue weighted by atomic mass is 19.4. The van der Waals surface area contributed by atoms with E-state index in [0.717, 1.165) is 22.4 Å². The topological polar surface area (TPSA) is 124 Å². The van der Waals surface area contributed by atoms with Gasteiger partial charge in [-0.25, -0.2) is 9.50 Å². The Morgan fingerprint density at radius 3 is 2.63 bits per heavy atom. The van der Waals surface area contributed by atoms with E-state index in [2.05, 4.69) is 26.5 Å². The van der Waals surface area contributed by atoms with Crippen molar-refractivity contribution in [2.24, 2.45) is 7.05 Å². The third-order valence-corrected chi connectivity index (χ3v) is 8.00. The van der Waals surface area contributed by atoms with Crippen molar-refractivity contribution in [1.82, 2.24) is 28.7 Å². The molecule has 0 spiro atoms. The molecule has 14 heteroatoms. The van der Waals surface area contributed by atoms with Gasteiger partial charge in [-0.15, -0.1) is 0 Å². The standard InChI is InChI=1S/C32H25F3N8O3/c1-41-28-23(14-36)26(46-27-16-38-43-10-6-5-9-25(27)43)15-37-29(28)40-31(41)39-24-11-20(32(33,34)35)17-42(30(24)44)21-12-22(13-21)45-18-19-7-3-2-4-8-19/h2-11,15-17,21-22H,12-13,18H2,1H3,(H,37,39,40)/t21-,22+. The summed E-state index contributed by atoms with van der Waals surface area (Å²) in [5, 5.41) is 17.1. The first kappa shape index (κ1) is 29.1. The Morgan fingerprint density at radius 2 is 1.87 bits per heavy atom. The Hall–Kier alpha value is -5.68. The minimum absolute atomic E-state index is 0.0211. The number of rotatable bonds is 8. The van der Waals surface area contributed by atoms with Crippen LogP contribution in [0.3, 0.4) is 0 Å². The maximum atomic E-state index is 14.0. The summed E-state index contributed by atoms with van der Waals surface area (Å²) in [5.74, 6) is 0.554. The summed E-state index contributed by atoms with van der Waals surface area (Å²) in [5.41, 5.74) is 0.213. The van der Waals surface area contributed by atoms with Crippen molar-refractivity contribution in [3.8, 4) is 17.6 Å². The first-order valence-corrected chi connectivity index (χ1v) is 14.3. The molecule has 1 aliphatic rings. The van der Waals surface area contributed by atoms with Gasteiger partial charge in [-0.05, 0) is 36.6 Å². The summed E-state index contributed by atoms with van der Waals surface area (Å²) < 4.78 is 58.0. The summed E-state index contributed by atoms with van der Waals surface area (Å²) in [4.78, 5) is 22.2. The zero-order valence-corrected chi connectivity index (χ0v) is 24.3. The van der Waals surface area contributed by atoms with Crippen LogP contribution in [0.25, 0.3) is 16.7 Å². The highest BCUT2D eigenvalue weighted by Crippen LogP contribution is 2.38. The number of hydrogen-bond acceptors (Lipinski definition) is 8. The van der Waals surface area contributed by atoms with Crippen LogP contribution in [0.15, 0.2) is 84.2 Å². The SMILES string of the molecule is Cn1c(Nc2cc(C(F)(F)F)cn([C@H]3C[C@@H](OCc4ccccc4)C3)c2=O)nc2ncc(Oc3cnn4ccccc34)c(C#N)c21. The first-order chi connectivity index (χ1) is 22.2. The van der Waals surface area contributed by atoms with Crippen molar-refractivity contribution in [3.63, 3.8) is 0 Å². The minimum Gasteiger partial charge on any atom is -0.450 e. The number of nitrogens with one attached hydrogen (secondary N) is 1. The predicted octanol–water partition coefficient (Wildman–Crippen LogP) is 6.12. The van der Waals surface area contributed by atoms with E-state index in [9.17, 15) is 23.2 Å². The van der Waals surface area contributed by atoms with Crippen molar-refractivity contribution in [1.29, 1.82) is 5.26 Å². The average Bonchev–Trinajstić information content (AvgIpc) is 3.58. The van der Waals surface area contributed by atoms with Gasteiger partial charge in [-0.2, -0.15) is 28.5 Å². The lowest BCUT2D eigenvalue weighted by molar-refractivity contribution is -0.138. The van der Waals surface area contributed by atoms with Gasteiger partial charge in [0.2, 0.25) is 5.95 Å². The van der Waals surface area contributed by atoms with Gasteiger partial charge in [-0.1, -0.05) is 36.4 Å². The Bertz CT molecular complexity index is 2180. The molecule has 0 aliphatic heterocycles. The zero-order chi connectivity index (χ0) is 32.0. The van der Waals surface area contributed by atoms with Gasteiger partial charge in [0, 0.05) is 25.5 Å². The Kier molecular flexibility index (Phi) is 7.17. The van der Waals surface area contributed by atoms with Crippen LogP contribution in [0.5, 0.6) is 11.5 Å². The summed E-state index contributed by atoms with van der Waals surface area (Å²) in [7, 11) is 1.56. The molecule has 0 unspecified atom stereocenters. The summed E-state index contributed by atoms with van der Waals surface area (Å²) >= 11 is 0. The molecule has 6 aromatic rings. The fourth-order valence-electron chi connectivity index (χ4n) is 5.49. The highest BCUT2D eigenvalue weighted by Gasteiger charge is 2.37. The average molecular weight is 627 g/mol. The maximum absolute atomic E-state index is 14.0. The molecule has 5 aromatic heterocycles. The molecule has 1 N–H and O–H groups in total. The number of halogens is 3. The van der Waals surface area contributed by atoms with Gasteiger partial charge in [-0.3, -0.25) is 4.79 Å². The largest absolute Gasteiger partial charge is 0.450 e. The van der Waals surface area contributed by atoms with Crippen molar-refractivity contribution in [2.45, 2.75) is 37.8 Å². The van der Waals surface area contributed by atoms with Crippen molar-refractivity contribution in [2.75, 3.05) is 5.32 Å². The molecule has 0 amide bonds. The van der Waals surface area contributed by atoms with E-state index in [1.54, 1.807) is 23.8 Å². The van der Waals surface area contributed by atoms with E-state index in [1.807, 2.05) is 42.5 Å². The third kappa shape index (κ3) is 5.30. The zero-order valence-electron chi connectivity index (χ0n) is 24.3. The molecule has 7 rings (SSSR count). The number of fused-ring (bicyclic) bond motifs is 2. The van der Waals surface area contributed by atoms with Crippen LogP contribution in [0, 0.1) is 11.3 Å². The number of benzene rings is 1. The number of nitrogens with zero attached hydrogens (tertiary/aromatic N) is 7. The fourth-order valence-corrected chi connectivity index (χ4v) is 5.49. The Morgan fingerprint density at radius 1 is 1.09 bits per heavy atom. The molecule has 0 atom stereocenters. The molecule has 5 heterocycles. The number of nitriles is 1. The second-order valence-corrected chi connectivity index (χ2v) is 10.9. The molecule has 1 aromatic carbocycles. The quantitative estimate of drug-likeness (QED) is 0.214. The van der Waals surface area contributed by atoms with Crippen LogP contribution in [0.4, 0.5) is 24.8 Å². The molecule has 0 radical (unpaired) electrons. The smallest absolute Gasteiger partial charge is 0.417 e. The molecule has 1 aliphatic carbocycles. The summed E-state index contributed by atoms with van der Waals surface area (Å²) in [6, 6.07) is 17.4. The number of aryl methyl sites for hydroxylation is 1. The first-order valence-electron chi connectivity index (χ1n) is 14.3. The van der Waals surface area contributed by atoms with Crippen LogP contribution in [-0.2, 0) is 24.6 Å². The third-order valence-electron chi connectivity index (χ3n) is 8.00. The van der Waals surface area contributed by atoms with E-state index in [0.29, 0.717) is 30.7 Å². The number of alkyl halides is 3. The van der Waals surface area contributed by atoms with Crippen LogP contribution >= 0.6 is 0 Å². The van der Waals surface area contributed by atoms with E-state index in [1.165, 1.54) is 17.0 Å². The number of pyridine rings is 3. The lowest BCUT2D eigenvalue weighted by Crippen LogP contribution is -2.39. The lowest BCUT2D eigenvalue weighted by Gasteiger charge is -2.36. The summed E-state index contributed by atoms with van der Waals surface area (Å²) in [6.45, 7) is 0.375. The number of imidazole rings is 1. The van der Waals surface area contributed by atoms with Gasteiger partial charge in [0.25, 0.3) is 5.56 Å². The monoisotopic (exact) mass is 626 g/mol. The maximum Gasteiger partial charge on any atom is 0.417 e. The van der Waals surface area contributed by atoms with Crippen molar-refractivity contribution < 1.29 is 22.6 Å². The lowest BCUT2D eigenvalue weighted by atomic mass is 9.88. The molecular weight excluding hydrogens is 601 g/mol. The Labute approximate surface area is 259 Å². The van der Waals surface area contributed by atoms with E-state index >= 15 is 0 Å². The molecule has 11 nitrogen and oxygen atoms in total. The number of hydrogen-bond donors (Lipinski definition) is 1. The normalized spacial score (nSPS) is 16.3. The summed E-state index contributed by atoms with van der Waals surface area (Å²) in [6.07, 6.45) is 1.35. The Balaban J connectivity index is 1.18. The number of ether oxygens (including phenoxy) is 2. The second kappa shape index (κ2) is 11.4. The van der Waals surface area contributed by atoms with Crippen LogP contribution in [-0.4, -0.2) is 34.8 Å². The van der Waals surface area contributed by atoms with Crippen molar-refractivity contribution >= 4 is 28.3 Å². The van der Waals surface area contributed by atoms with Crippen LogP contribution in [0.1, 0.15) is 35.6 Å². The molecular formula is C32H25F3N8O3. The van der Waals surface area contributed by atoms with Gasteiger partial charge < -0.3 is 23.9 Å². The second-order valence-electron chi connectivity index (χ2n) is 10.9. The van der Waals surface area contributed by atoms with Crippen LogP contribution in [0.2, 0.25) is 0 Å². The predicted molar refractivity (Wildman–Crippen MR) is 161 cm³/mol. The molecule has 46 heavy (non-hydrogen) atoms. The van der Waals surface area contributed by atoms with Gasteiger partial charge in [0.15, 0.2) is 17.1 Å². The fraction of sp³-hybridized carbons (Fsp3) is 0.219. The van der Waals surface area contributed by atoms with Crippen LogP contribution < -0.4 is 15.6 Å². The number of aromatic nitrogens is 6. The van der Waals surface area contributed by atoms with E-state index in [4.69, 9.17) is 9.47 Å². The van der Waals surface area contributed by atoms with Gasteiger partial charge in [0.05, 0.1) is 30.7 Å². The van der Waals surface area contributed by atoms with Crippen molar-refractivity contribution in [3.05, 3.63) is 106 Å². The molecule has 1 fully saturated rings. The molecule has 232 valence electrons. The van der Waals surface area contributed by atoms with Gasteiger partial charge >= 0.3 is 6.18 Å².